The van der Waals surface area contributed by atoms with E-state index in [1.165, 1.54) is 0 Å². The topological polar surface area (TPSA) is 36.4 Å². The molecule has 1 aromatic heterocycles. The number of likely N-dealkylation sites (tertiary alicyclic amines) is 2. The van der Waals surface area contributed by atoms with Crippen LogP contribution in [0.15, 0.2) is 24.5 Å². The molecule has 4 nitrogen and oxygen atoms in total. The van der Waals surface area contributed by atoms with Crippen LogP contribution in [0.1, 0.15) is 31.2 Å². The van der Waals surface area contributed by atoms with Crippen LogP contribution >= 0.6 is 0 Å². The van der Waals surface area contributed by atoms with Crippen molar-refractivity contribution in [1.82, 2.24) is 14.8 Å². The second-order valence-electron chi connectivity index (χ2n) is 6.13. The lowest BCUT2D eigenvalue weighted by Gasteiger charge is -2.41. The zero-order valence-corrected chi connectivity index (χ0v) is 12.2. The molecule has 0 spiro atoms. The Hall–Kier alpha value is -1.42. The van der Waals surface area contributed by atoms with Gasteiger partial charge in [-0.25, -0.2) is 0 Å². The highest BCUT2D eigenvalue weighted by molar-refractivity contribution is 5.88. The minimum Gasteiger partial charge on any atom is -0.342 e. The summed E-state index contributed by atoms with van der Waals surface area (Å²) in [5.74, 6) is 0.330. The van der Waals surface area contributed by atoms with Crippen molar-refractivity contribution in [2.45, 2.75) is 31.1 Å². The third-order valence-corrected chi connectivity index (χ3v) is 4.86. The van der Waals surface area contributed by atoms with Crippen molar-refractivity contribution in [1.29, 1.82) is 0 Å². The van der Waals surface area contributed by atoms with Gasteiger partial charge in [0.05, 0.1) is 5.41 Å². The largest absolute Gasteiger partial charge is 0.342 e. The molecule has 0 saturated carbocycles. The van der Waals surface area contributed by atoms with Gasteiger partial charge >= 0.3 is 0 Å². The molecular formula is C16H23N3O. The summed E-state index contributed by atoms with van der Waals surface area (Å²) in [5, 5.41) is 0. The third kappa shape index (κ3) is 2.33. The van der Waals surface area contributed by atoms with Crippen LogP contribution in [0.25, 0.3) is 0 Å². The molecule has 2 aliphatic rings. The third-order valence-electron chi connectivity index (χ3n) is 4.86. The molecule has 0 N–H and O–H groups in total. The normalized spacial score (nSPS) is 22.9. The predicted molar refractivity (Wildman–Crippen MR) is 78.5 cm³/mol. The van der Waals surface area contributed by atoms with Gasteiger partial charge < -0.3 is 9.80 Å². The van der Waals surface area contributed by atoms with Crippen LogP contribution < -0.4 is 0 Å². The van der Waals surface area contributed by atoms with E-state index in [9.17, 15) is 4.79 Å². The number of hydrogen-bond donors (Lipinski definition) is 0. The lowest BCUT2D eigenvalue weighted by atomic mass is 9.72. The Bertz CT molecular complexity index is 460. The number of carbonyl (C=O) groups is 1. The number of amides is 1. The molecule has 2 fully saturated rings. The molecule has 3 rings (SSSR count). The van der Waals surface area contributed by atoms with E-state index in [1.807, 2.05) is 12.3 Å². The molecule has 0 aromatic carbocycles. The van der Waals surface area contributed by atoms with Crippen molar-refractivity contribution < 1.29 is 4.79 Å². The predicted octanol–water partition coefficient (Wildman–Crippen LogP) is 1.67. The fraction of sp³-hybridized carbons (Fsp3) is 0.625. The maximum Gasteiger partial charge on any atom is 0.233 e. The van der Waals surface area contributed by atoms with Crippen molar-refractivity contribution >= 4 is 5.91 Å². The molecule has 1 aromatic rings. The lowest BCUT2D eigenvalue weighted by molar-refractivity contribution is -0.138. The number of carbonyl (C=O) groups excluding carboxylic acids is 1. The molecule has 0 bridgehead atoms. The van der Waals surface area contributed by atoms with Gasteiger partial charge in [-0.1, -0.05) is 6.07 Å². The van der Waals surface area contributed by atoms with Gasteiger partial charge in [0.1, 0.15) is 0 Å². The van der Waals surface area contributed by atoms with Crippen molar-refractivity contribution in [3.63, 3.8) is 0 Å². The van der Waals surface area contributed by atoms with Crippen LogP contribution in [0.5, 0.6) is 0 Å². The minimum absolute atomic E-state index is 0.330. The van der Waals surface area contributed by atoms with Crippen molar-refractivity contribution in [2.24, 2.45) is 0 Å². The van der Waals surface area contributed by atoms with E-state index < -0.39 is 0 Å². The summed E-state index contributed by atoms with van der Waals surface area (Å²) in [6.07, 6.45) is 7.78. The number of rotatable bonds is 2. The maximum absolute atomic E-state index is 13.1. The Labute approximate surface area is 120 Å². The van der Waals surface area contributed by atoms with Gasteiger partial charge in [-0.05, 0) is 57.5 Å². The first-order chi connectivity index (χ1) is 9.72. The van der Waals surface area contributed by atoms with E-state index in [0.717, 1.165) is 57.4 Å². The fourth-order valence-electron chi connectivity index (χ4n) is 3.49. The molecule has 20 heavy (non-hydrogen) atoms. The summed E-state index contributed by atoms with van der Waals surface area (Å²) < 4.78 is 0. The van der Waals surface area contributed by atoms with E-state index in [0.29, 0.717) is 5.91 Å². The summed E-state index contributed by atoms with van der Waals surface area (Å²) >= 11 is 0. The lowest BCUT2D eigenvalue weighted by Crippen LogP contribution is -2.51. The maximum atomic E-state index is 13.1. The summed E-state index contributed by atoms with van der Waals surface area (Å²) in [6.45, 7) is 3.82. The Morgan fingerprint density at radius 2 is 1.90 bits per heavy atom. The average molecular weight is 273 g/mol. The van der Waals surface area contributed by atoms with Gasteiger partial charge in [0.2, 0.25) is 5.91 Å². The van der Waals surface area contributed by atoms with Gasteiger partial charge in [-0.3, -0.25) is 9.78 Å². The summed E-state index contributed by atoms with van der Waals surface area (Å²) in [4.78, 5) is 21.7. The average Bonchev–Trinajstić information content (AvgIpc) is 3.03. The van der Waals surface area contributed by atoms with Gasteiger partial charge in [-0.15, -0.1) is 0 Å². The van der Waals surface area contributed by atoms with Crippen molar-refractivity contribution in [3.05, 3.63) is 30.1 Å². The molecular weight excluding hydrogens is 250 g/mol. The summed E-state index contributed by atoms with van der Waals surface area (Å²) in [5.41, 5.74) is 0.760. The van der Waals surface area contributed by atoms with Gasteiger partial charge in [-0.2, -0.15) is 0 Å². The molecule has 108 valence electrons. The van der Waals surface area contributed by atoms with Crippen LogP contribution in [0.2, 0.25) is 0 Å². The highest BCUT2D eigenvalue weighted by Gasteiger charge is 2.45. The molecule has 2 saturated heterocycles. The van der Waals surface area contributed by atoms with E-state index >= 15 is 0 Å². The molecule has 0 unspecified atom stereocenters. The first-order valence-corrected chi connectivity index (χ1v) is 7.61. The van der Waals surface area contributed by atoms with Gasteiger partial charge in [0.25, 0.3) is 0 Å². The number of hydrogen-bond acceptors (Lipinski definition) is 3. The molecule has 0 atom stereocenters. The van der Waals surface area contributed by atoms with E-state index in [2.05, 4.69) is 27.9 Å². The Morgan fingerprint density at radius 1 is 1.20 bits per heavy atom. The molecule has 4 heteroatoms. The smallest absolute Gasteiger partial charge is 0.233 e. The second-order valence-corrected chi connectivity index (χ2v) is 6.13. The first kappa shape index (κ1) is 13.6. The standard InChI is InChI=1S/C16H23N3O/c1-18-11-6-16(7-12-18,14-5-4-8-17-13-14)15(20)19-9-2-3-10-19/h4-5,8,13H,2-3,6-7,9-12H2,1H3. The fourth-order valence-corrected chi connectivity index (χ4v) is 3.49. The van der Waals surface area contributed by atoms with Gasteiger partial charge in [0.15, 0.2) is 0 Å². The Kier molecular flexibility index (Phi) is 3.74. The molecule has 0 aliphatic carbocycles. The monoisotopic (exact) mass is 273 g/mol. The van der Waals surface area contributed by atoms with E-state index in [4.69, 9.17) is 0 Å². The first-order valence-electron chi connectivity index (χ1n) is 7.61. The minimum atomic E-state index is -0.342. The van der Waals surface area contributed by atoms with Crippen LogP contribution in [0.4, 0.5) is 0 Å². The highest BCUT2D eigenvalue weighted by Crippen LogP contribution is 2.37. The van der Waals surface area contributed by atoms with Crippen LogP contribution in [-0.2, 0) is 10.2 Å². The molecule has 2 aliphatic heterocycles. The Morgan fingerprint density at radius 3 is 2.50 bits per heavy atom. The number of nitrogens with zero attached hydrogens (tertiary/aromatic N) is 3. The van der Waals surface area contributed by atoms with Crippen LogP contribution in [0.3, 0.4) is 0 Å². The van der Waals surface area contributed by atoms with Crippen molar-refractivity contribution in [3.8, 4) is 0 Å². The summed E-state index contributed by atoms with van der Waals surface area (Å²) in [7, 11) is 2.13. The zero-order chi connectivity index (χ0) is 14.0. The summed E-state index contributed by atoms with van der Waals surface area (Å²) in [6, 6.07) is 4.03. The number of pyridine rings is 1. The van der Waals surface area contributed by atoms with E-state index in [1.54, 1.807) is 6.20 Å². The zero-order valence-electron chi connectivity index (χ0n) is 12.2. The molecule has 0 radical (unpaired) electrons. The second kappa shape index (κ2) is 5.52. The SMILES string of the molecule is CN1CCC(C(=O)N2CCCC2)(c2cccnc2)CC1. The van der Waals surface area contributed by atoms with Crippen LogP contribution in [-0.4, -0.2) is 53.9 Å². The highest BCUT2D eigenvalue weighted by atomic mass is 16.2. The molecule has 1 amide bonds. The van der Waals surface area contributed by atoms with Crippen LogP contribution in [0, 0.1) is 0 Å². The van der Waals surface area contributed by atoms with Gasteiger partial charge in [0, 0.05) is 25.5 Å². The quantitative estimate of drug-likeness (QED) is 0.822. The van der Waals surface area contributed by atoms with Crippen molar-refractivity contribution in [2.75, 3.05) is 33.2 Å². The number of piperidine rings is 1. The Balaban J connectivity index is 1.93. The van der Waals surface area contributed by atoms with E-state index in [-0.39, 0.29) is 5.41 Å². The molecule has 3 heterocycles. The number of aromatic nitrogens is 1.